The van der Waals surface area contributed by atoms with Crippen molar-refractivity contribution in [1.82, 2.24) is 19.9 Å². The molecule has 0 aromatic carbocycles. The molecule has 1 aromatic heterocycles. The zero-order valence-electron chi connectivity index (χ0n) is 13.5. The summed E-state index contributed by atoms with van der Waals surface area (Å²) in [5.74, 6) is -0.222. The van der Waals surface area contributed by atoms with Crippen LogP contribution in [0.15, 0.2) is 6.20 Å². The molecule has 0 radical (unpaired) electrons. The van der Waals surface area contributed by atoms with Crippen LogP contribution in [0.3, 0.4) is 0 Å². The van der Waals surface area contributed by atoms with Gasteiger partial charge in [-0.2, -0.15) is 0 Å². The number of hydrogen-bond donors (Lipinski definition) is 1. The maximum absolute atomic E-state index is 12.4. The van der Waals surface area contributed by atoms with E-state index in [1.54, 1.807) is 29.9 Å². The van der Waals surface area contributed by atoms with E-state index in [2.05, 4.69) is 10.3 Å². The second kappa shape index (κ2) is 6.72. The number of methoxy groups -OCH3 is 1. The lowest BCUT2D eigenvalue weighted by atomic mass is 9.94. The predicted octanol–water partition coefficient (Wildman–Crippen LogP) is -0.0451. The average Bonchev–Trinajstić information content (AvgIpc) is 3.14. The fraction of sp³-hybridized carbons (Fsp3) is 0.786. The minimum absolute atomic E-state index is 0.00619. The number of amides is 1. The Morgan fingerprint density at radius 3 is 2.95 bits per heavy atom. The molecule has 8 nitrogen and oxygen atoms in total. The SMILES string of the molecule is CO[C@@H]1COC[C@H]1n1cc(C(=O)N(C)CC(C)(C)CO)nn1. The number of rotatable bonds is 6. The van der Waals surface area contributed by atoms with E-state index in [4.69, 9.17) is 9.47 Å². The fourth-order valence-corrected chi connectivity index (χ4v) is 2.49. The van der Waals surface area contributed by atoms with Gasteiger partial charge >= 0.3 is 0 Å². The lowest BCUT2D eigenvalue weighted by Crippen LogP contribution is -2.37. The molecule has 1 amide bonds. The molecule has 1 fully saturated rings. The van der Waals surface area contributed by atoms with Crippen molar-refractivity contribution in [3.8, 4) is 0 Å². The molecule has 0 bridgehead atoms. The highest BCUT2D eigenvalue weighted by atomic mass is 16.5. The van der Waals surface area contributed by atoms with E-state index >= 15 is 0 Å². The van der Waals surface area contributed by atoms with Gasteiger partial charge in [0.05, 0.1) is 19.4 Å². The quantitative estimate of drug-likeness (QED) is 0.792. The van der Waals surface area contributed by atoms with Crippen molar-refractivity contribution in [2.24, 2.45) is 5.41 Å². The highest BCUT2D eigenvalue weighted by Gasteiger charge is 2.32. The van der Waals surface area contributed by atoms with Crippen molar-refractivity contribution in [2.75, 3.05) is 40.5 Å². The maximum Gasteiger partial charge on any atom is 0.275 e. The molecule has 22 heavy (non-hydrogen) atoms. The summed E-state index contributed by atoms with van der Waals surface area (Å²) in [7, 11) is 3.31. The Morgan fingerprint density at radius 2 is 2.32 bits per heavy atom. The van der Waals surface area contributed by atoms with Crippen LogP contribution in [0.2, 0.25) is 0 Å². The molecular weight excluding hydrogens is 288 g/mol. The highest BCUT2D eigenvalue weighted by Crippen LogP contribution is 2.21. The van der Waals surface area contributed by atoms with E-state index in [-0.39, 0.29) is 35.8 Å². The molecule has 1 saturated heterocycles. The number of aromatic nitrogens is 3. The number of nitrogens with zero attached hydrogens (tertiary/aromatic N) is 4. The van der Waals surface area contributed by atoms with Gasteiger partial charge < -0.3 is 19.5 Å². The molecular formula is C14H24N4O4. The van der Waals surface area contributed by atoms with Crippen LogP contribution < -0.4 is 0 Å². The average molecular weight is 312 g/mol. The van der Waals surface area contributed by atoms with Crippen LogP contribution in [-0.2, 0) is 9.47 Å². The minimum atomic E-state index is -0.360. The zero-order chi connectivity index (χ0) is 16.3. The van der Waals surface area contributed by atoms with Crippen molar-refractivity contribution < 1.29 is 19.4 Å². The van der Waals surface area contributed by atoms with Crippen molar-refractivity contribution in [3.05, 3.63) is 11.9 Å². The molecule has 1 aliphatic heterocycles. The van der Waals surface area contributed by atoms with Gasteiger partial charge in [0.2, 0.25) is 0 Å². The lowest BCUT2D eigenvalue weighted by Gasteiger charge is -2.27. The molecule has 0 aliphatic carbocycles. The number of aliphatic hydroxyl groups excluding tert-OH is 1. The van der Waals surface area contributed by atoms with Crippen LogP contribution in [0, 0.1) is 5.41 Å². The first-order valence-electron chi connectivity index (χ1n) is 7.26. The third kappa shape index (κ3) is 3.63. The second-order valence-electron chi connectivity index (χ2n) is 6.45. The molecule has 1 aromatic rings. The second-order valence-corrected chi connectivity index (χ2v) is 6.45. The van der Waals surface area contributed by atoms with Gasteiger partial charge in [0, 0.05) is 32.7 Å². The number of ether oxygens (including phenoxy) is 2. The first-order valence-corrected chi connectivity index (χ1v) is 7.26. The molecule has 0 unspecified atom stereocenters. The summed E-state index contributed by atoms with van der Waals surface area (Å²) in [6.45, 7) is 5.23. The minimum Gasteiger partial charge on any atom is -0.396 e. The van der Waals surface area contributed by atoms with Crippen LogP contribution in [0.1, 0.15) is 30.4 Å². The molecule has 8 heteroatoms. The normalized spacial score (nSPS) is 22.0. The van der Waals surface area contributed by atoms with Crippen LogP contribution in [0.5, 0.6) is 0 Å². The van der Waals surface area contributed by atoms with Gasteiger partial charge in [-0.05, 0) is 0 Å². The van der Waals surface area contributed by atoms with Gasteiger partial charge in [0.25, 0.3) is 5.91 Å². The van der Waals surface area contributed by atoms with Gasteiger partial charge in [0.15, 0.2) is 5.69 Å². The predicted molar refractivity (Wildman–Crippen MR) is 78.5 cm³/mol. The molecule has 0 spiro atoms. The molecule has 1 aliphatic rings. The van der Waals surface area contributed by atoms with E-state index in [1.165, 1.54) is 0 Å². The molecule has 2 atom stereocenters. The molecule has 0 saturated carbocycles. The smallest absolute Gasteiger partial charge is 0.275 e. The van der Waals surface area contributed by atoms with Crippen LogP contribution in [0.25, 0.3) is 0 Å². The number of hydrogen-bond acceptors (Lipinski definition) is 6. The van der Waals surface area contributed by atoms with Gasteiger partial charge in [0.1, 0.15) is 12.1 Å². The summed E-state index contributed by atoms with van der Waals surface area (Å²) >= 11 is 0. The van der Waals surface area contributed by atoms with Crippen LogP contribution in [-0.4, -0.2) is 77.5 Å². The molecule has 2 heterocycles. The van der Waals surface area contributed by atoms with Crippen molar-refractivity contribution in [1.29, 1.82) is 0 Å². The van der Waals surface area contributed by atoms with Gasteiger partial charge in [-0.1, -0.05) is 19.1 Å². The van der Waals surface area contributed by atoms with Crippen molar-refractivity contribution >= 4 is 5.91 Å². The summed E-state index contributed by atoms with van der Waals surface area (Å²) < 4.78 is 12.3. The van der Waals surface area contributed by atoms with Crippen molar-refractivity contribution in [3.63, 3.8) is 0 Å². The summed E-state index contributed by atoms with van der Waals surface area (Å²) in [6, 6.07) is -0.0711. The van der Waals surface area contributed by atoms with E-state index in [9.17, 15) is 9.90 Å². The molecule has 2 rings (SSSR count). The summed E-state index contributed by atoms with van der Waals surface area (Å²) in [5, 5.41) is 17.3. The molecule has 124 valence electrons. The fourth-order valence-electron chi connectivity index (χ4n) is 2.49. The lowest BCUT2D eigenvalue weighted by molar-refractivity contribution is 0.0652. The third-order valence-electron chi connectivity index (χ3n) is 3.81. The Bertz CT molecular complexity index is 517. The van der Waals surface area contributed by atoms with E-state index < -0.39 is 0 Å². The third-order valence-corrected chi connectivity index (χ3v) is 3.81. The Balaban J connectivity index is 2.06. The van der Waals surface area contributed by atoms with E-state index in [1.807, 2.05) is 13.8 Å². The van der Waals surface area contributed by atoms with Gasteiger partial charge in [-0.15, -0.1) is 5.10 Å². The van der Waals surface area contributed by atoms with E-state index in [0.717, 1.165) is 0 Å². The first-order chi connectivity index (χ1) is 10.4. The van der Waals surface area contributed by atoms with Gasteiger partial charge in [-0.25, -0.2) is 4.68 Å². The zero-order valence-corrected chi connectivity index (χ0v) is 13.5. The Kier molecular flexibility index (Phi) is 5.15. The maximum atomic E-state index is 12.4. The van der Waals surface area contributed by atoms with E-state index in [0.29, 0.717) is 19.8 Å². The van der Waals surface area contributed by atoms with Crippen LogP contribution in [0.4, 0.5) is 0 Å². The summed E-state index contributed by atoms with van der Waals surface area (Å²) in [5.41, 5.74) is -0.0844. The highest BCUT2D eigenvalue weighted by molar-refractivity contribution is 5.91. The summed E-state index contributed by atoms with van der Waals surface area (Å²) in [6.07, 6.45) is 1.53. The molecule has 1 N–H and O–H groups in total. The Labute approximate surface area is 130 Å². The Hall–Kier alpha value is -1.51. The standard InChI is InChI=1S/C14H24N4O4/c1-14(2,9-19)8-17(3)13(20)10-5-18(16-15-10)11-6-22-7-12(11)21-4/h5,11-12,19H,6-9H2,1-4H3/t11-,12-/m1/s1. The van der Waals surface area contributed by atoms with Gasteiger partial charge in [-0.3, -0.25) is 4.79 Å². The van der Waals surface area contributed by atoms with Crippen LogP contribution >= 0.6 is 0 Å². The topological polar surface area (TPSA) is 89.7 Å². The monoisotopic (exact) mass is 312 g/mol. The first kappa shape index (κ1) is 16.9. The number of carbonyl (C=O) groups excluding carboxylic acids is 1. The summed E-state index contributed by atoms with van der Waals surface area (Å²) in [4.78, 5) is 13.9. The Morgan fingerprint density at radius 1 is 1.59 bits per heavy atom. The largest absolute Gasteiger partial charge is 0.396 e. The number of aliphatic hydroxyl groups is 1. The van der Waals surface area contributed by atoms with Crippen molar-refractivity contribution in [2.45, 2.75) is 26.0 Å². The number of carbonyl (C=O) groups is 1.